The van der Waals surface area contributed by atoms with Gasteiger partial charge in [-0.15, -0.1) is 10.2 Å². The third-order valence-corrected chi connectivity index (χ3v) is 9.05. The van der Waals surface area contributed by atoms with Gasteiger partial charge in [0.05, 0.1) is 16.1 Å². The van der Waals surface area contributed by atoms with Crippen LogP contribution in [0.15, 0.2) is 88.1 Å². The molecular formula is C25H21F3N4O3S3. The minimum Gasteiger partial charge on any atom is -0.299 e. The number of rotatable bonds is 9. The fourth-order valence-corrected chi connectivity index (χ4v) is 6.45. The van der Waals surface area contributed by atoms with Crippen LogP contribution in [-0.2, 0) is 26.7 Å². The molecule has 0 bridgehead atoms. The first kappa shape index (κ1) is 27.6. The number of aromatic nitrogens is 2. The maximum atomic E-state index is 13.5. The van der Waals surface area contributed by atoms with E-state index in [4.69, 9.17) is 0 Å². The lowest BCUT2D eigenvalue weighted by Gasteiger charge is -2.24. The first-order valence-electron chi connectivity index (χ1n) is 11.1. The van der Waals surface area contributed by atoms with Crippen molar-refractivity contribution >= 4 is 49.8 Å². The number of nitrogens with one attached hydrogen (secondary N) is 1. The van der Waals surface area contributed by atoms with Gasteiger partial charge >= 0.3 is 6.18 Å². The summed E-state index contributed by atoms with van der Waals surface area (Å²) >= 11 is 2.53. The highest BCUT2D eigenvalue weighted by Gasteiger charge is 2.33. The second-order valence-corrected chi connectivity index (χ2v) is 12.1. The molecule has 1 aromatic heterocycles. The number of benzene rings is 3. The molecule has 0 aliphatic carbocycles. The van der Waals surface area contributed by atoms with E-state index < -0.39 is 34.2 Å². The van der Waals surface area contributed by atoms with Crippen LogP contribution in [0.4, 0.5) is 24.0 Å². The van der Waals surface area contributed by atoms with Gasteiger partial charge in [-0.1, -0.05) is 77.2 Å². The number of hydrogen-bond acceptors (Lipinski definition) is 7. The number of thioether (sulfide) groups is 1. The Balaban J connectivity index is 1.55. The maximum Gasteiger partial charge on any atom is 0.416 e. The molecule has 0 fully saturated rings. The average molecular weight is 579 g/mol. The largest absolute Gasteiger partial charge is 0.416 e. The summed E-state index contributed by atoms with van der Waals surface area (Å²) < 4.78 is 68.2. The van der Waals surface area contributed by atoms with E-state index >= 15 is 0 Å². The predicted molar refractivity (Wildman–Crippen MR) is 142 cm³/mol. The molecule has 0 unspecified atom stereocenters. The fourth-order valence-electron chi connectivity index (χ4n) is 3.32. The number of carbonyl (C=O) groups excluding carboxylic acids is 1. The third-order valence-electron chi connectivity index (χ3n) is 5.22. The van der Waals surface area contributed by atoms with Crippen LogP contribution >= 0.6 is 23.1 Å². The molecule has 3 aromatic carbocycles. The molecule has 0 aliphatic heterocycles. The highest BCUT2D eigenvalue weighted by atomic mass is 32.2. The lowest BCUT2D eigenvalue weighted by Crippen LogP contribution is -2.38. The molecule has 0 saturated heterocycles. The number of anilines is 2. The van der Waals surface area contributed by atoms with Crippen LogP contribution < -0.4 is 9.62 Å². The molecule has 0 aliphatic rings. The van der Waals surface area contributed by atoms with Crippen molar-refractivity contribution in [2.24, 2.45) is 0 Å². The van der Waals surface area contributed by atoms with Crippen LogP contribution in [0.25, 0.3) is 0 Å². The molecule has 4 rings (SSSR count). The highest BCUT2D eigenvalue weighted by molar-refractivity contribution is 8.00. The van der Waals surface area contributed by atoms with Crippen molar-refractivity contribution < 1.29 is 26.4 Å². The summed E-state index contributed by atoms with van der Waals surface area (Å²) in [6, 6.07) is 19.3. The van der Waals surface area contributed by atoms with E-state index in [2.05, 4.69) is 15.5 Å². The molecule has 1 heterocycles. The molecule has 0 radical (unpaired) electrons. The van der Waals surface area contributed by atoms with E-state index in [9.17, 15) is 26.4 Å². The van der Waals surface area contributed by atoms with Gasteiger partial charge in [-0.2, -0.15) is 13.2 Å². The number of sulfonamides is 1. The molecule has 0 spiro atoms. The second kappa shape index (κ2) is 11.5. The van der Waals surface area contributed by atoms with Crippen LogP contribution in [-0.4, -0.2) is 31.1 Å². The highest BCUT2D eigenvalue weighted by Crippen LogP contribution is 2.33. The first-order chi connectivity index (χ1) is 18.0. The summed E-state index contributed by atoms with van der Waals surface area (Å²) in [7, 11) is -4.39. The number of hydrogen-bond donors (Lipinski definition) is 1. The van der Waals surface area contributed by atoms with Crippen LogP contribution in [0.2, 0.25) is 0 Å². The van der Waals surface area contributed by atoms with Gasteiger partial charge in [0, 0.05) is 5.75 Å². The minimum atomic E-state index is -4.70. The van der Waals surface area contributed by atoms with Crippen molar-refractivity contribution in [2.75, 3.05) is 16.2 Å². The fraction of sp³-hybridized carbons (Fsp3) is 0.160. The Morgan fingerprint density at radius 3 is 2.39 bits per heavy atom. The second-order valence-electron chi connectivity index (χ2n) is 8.07. The number of aryl methyl sites for hydroxylation is 1. The summed E-state index contributed by atoms with van der Waals surface area (Å²) in [4.78, 5) is 12.7. The third kappa shape index (κ3) is 6.91. The lowest BCUT2D eigenvalue weighted by atomic mass is 10.2. The number of alkyl halides is 3. The zero-order valence-electron chi connectivity index (χ0n) is 19.8. The summed E-state index contributed by atoms with van der Waals surface area (Å²) in [6.45, 7) is 0.993. The Hall–Kier alpha value is -3.42. The normalized spacial score (nSPS) is 11.8. The van der Waals surface area contributed by atoms with Crippen molar-refractivity contribution in [3.05, 3.63) is 95.6 Å². The van der Waals surface area contributed by atoms with Crippen molar-refractivity contribution in [3.63, 3.8) is 0 Å². The van der Waals surface area contributed by atoms with Crippen molar-refractivity contribution in [2.45, 2.75) is 28.1 Å². The van der Waals surface area contributed by atoms with Crippen LogP contribution in [0.5, 0.6) is 0 Å². The topological polar surface area (TPSA) is 92.3 Å². The summed E-state index contributed by atoms with van der Waals surface area (Å²) in [6.07, 6.45) is -4.70. The Morgan fingerprint density at radius 2 is 1.71 bits per heavy atom. The van der Waals surface area contributed by atoms with E-state index in [0.717, 1.165) is 34.6 Å². The quantitative estimate of drug-likeness (QED) is 0.194. The molecule has 0 atom stereocenters. The van der Waals surface area contributed by atoms with Crippen molar-refractivity contribution in [1.29, 1.82) is 0 Å². The minimum absolute atomic E-state index is 0.141. The van der Waals surface area contributed by atoms with Gasteiger partial charge in [0.15, 0.2) is 4.34 Å². The molecule has 4 aromatic rings. The van der Waals surface area contributed by atoms with Gasteiger partial charge < -0.3 is 0 Å². The number of nitrogens with zero attached hydrogens (tertiary/aromatic N) is 3. The predicted octanol–water partition coefficient (Wildman–Crippen LogP) is 5.99. The average Bonchev–Trinajstić information content (AvgIpc) is 3.33. The van der Waals surface area contributed by atoms with E-state index in [-0.39, 0.29) is 15.7 Å². The SMILES string of the molecule is Cc1ccc(S(=O)(=O)N(CC(=O)Nc2nnc(SCc3ccccc3)s2)c2cccc(C(F)(F)F)c2)cc1. The van der Waals surface area contributed by atoms with Crippen molar-refractivity contribution in [1.82, 2.24) is 10.2 Å². The molecule has 1 amide bonds. The zero-order chi connectivity index (χ0) is 27.3. The maximum absolute atomic E-state index is 13.5. The molecule has 7 nitrogen and oxygen atoms in total. The van der Waals surface area contributed by atoms with Gasteiger partial charge in [0.25, 0.3) is 10.0 Å². The Morgan fingerprint density at radius 1 is 1.00 bits per heavy atom. The molecular weight excluding hydrogens is 557 g/mol. The number of carbonyl (C=O) groups is 1. The Labute approximate surface area is 225 Å². The molecule has 0 saturated carbocycles. The van der Waals surface area contributed by atoms with E-state index in [1.54, 1.807) is 19.1 Å². The van der Waals surface area contributed by atoms with Gasteiger partial charge in [0.1, 0.15) is 6.54 Å². The van der Waals surface area contributed by atoms with Crippen molar-refractivity contribution in [3.8, 4) is 0 Å². The molecule has 38 heavy (non-hydrogen) atoms. The summed E-state index contributed by atoms with van der Waals surface area (Å²) in [5.74, 6) is -0.143. The molecule has 1 N–H and O–H groups in total. The molecule has 13 heteroatoms. The molecule has 198 valence electrons. The van der Waals surface area contributed by atoms with Gasteiger partial charge in [-0.05, 0) is 42.8 Å². The van der Waals surface area contributed by atoms with Crippen LogP contribution in [0.3, 0.4) is 0 Å². The standard InChI is InChI=1S/C25H21F3N4O3S3/c1-17-10-12-21(13-11-17)38(34,35)32(20-9-5-8-19(14-20)25(26,27)28)15-22(33)29-23-30-31-24(37-23)36-16-18-6-3-2-4-7-18/h2-14H,15-16H2,1H3,(H,29,30,33). The van der Waals surface area contributed by atoms with Gasteiger partial charge in [-0.25, -0.2) is 8.42 Å². The van der Waals surface area contributed by atoms with E-state index in [0.29, 0.717) is 20.5 Å². The van der Waals surface area contributed by atoms with E-state index in [1.807, 2.05) is 30.3 Å². The summed E-state index contributed by atoms with van der Waals surface area (Å²) in [5.41, 5.74) is 0.538. The lowest BCUT2D eigenvalue weighted by molar-refractivity contribution is -0.137. The monoisotopic (exact) mass is 578 g/mol. The first-order valence-corrected chi connectivity index (χ1v) is 14.3. The Bertz CT molecular complexity index is 1510. The van der Waals surface area contributed by atoms with Crippen LogP contribution in [0, 0.1) is 6.92 Å². The number of halogens is 3. The zero-order valence-corrected chi connectivity index (χ0v) is 22.3. The number of amides is 1. The van der Waals surface area contributed by atoms with E-state index in [1.165, 1.54) is 30.0 Å². The smallest absolute Gasteiger partial charge is 0.299 e. The van der Waals surface area contributed by atoms with Gasteiger partial charge in [-0.3, -0.25) is 14.4 Å². The van der Waals surface area contributed by atoms with Crippen LogP contribution in [0.1, 0.15) is 16.7 Å². The summed E-state index contributed by atoms with van der Waals surface area (Å²) in [5, 5.41) is 10.6. The van der Waals surface area contributed by atoms with Gasteiger partial charge in [0.2, 0.25) is 11.0 Å². The Kier molecular flexibility index (Phi) is 8.38.